The normalized spacial score (nSPS) is 14.1. The Kier molecular flexibility index (Phi) is 4.30. The molecule has 1 aromatic rings. The Balaban J connectivity index is 2.69. The highest BCUT2D eigenvalue weighted by atomic mass is 35.5. The standard InChI is InChI=1S/C6H6ClF3N2O3S/c7-4-3(1-2-15-16(13)14)11-12-5(4)6(8,9)10/h1-2H2,(H,11,12)(H,13,14)/p-1. The third kappa shape index (κ3) is 3.44. The summed E-state index contributed by atoms with van der Waals surface area (Å²) in [4.78, 5) is 0. The van der Waals surface area contributed by atoms with Crippen molar-refractivity contribution in [2.75, 3.05) is 6.61 Å². The van der Waals surface area contributed by atoms with E-state index in [9.17, 15) is 21.9 Å². The number of aromatic nitrogens is 2. The van der Waals surface area contributed by atoms with Crippen molar-refractivity contribution in [2.24, 2.45) is 0 Å². The van der Waals surface area contributed by atoms with Crippen LogP contribution < -0.4 is 0 Å². The SMILES string of the molecule is O=S([O-])OCCc1[nH]nc(C(F)(F)F)c1Cl. The van der Waals surface area contributed by atoms with Gasteiger partial charge in [-0.2, -0.15) is 18.3 Å². The second-order valence-electron chi connectivity index (χ2n) is 2.64. The molecule has 1 unspecified atom stereocenters. The fraction of sp³-hybridized carbons (Fsp3) is 0.500. The average molecular weight is 278 g/mol. The summed E-state index contributed by atoms with van der Waals surface area (Å²) in [5.74, 6) is 0. The first-order chi connectivity index (χ1) is 7.32. The van der Waals surface area contributed by atoms with Crippen LogP contribution in [0.2, 0.25) is 5.02 Å². The van der Waals surface area contributed by atoms with Crippen molar-refractivity contribution in [3.8, 4) is 0 Å². The quantitative estimate of drug-likeness (QED) is 0.845. The summed E-state index contributed by atoms with van der Waals surface area (Å²) in [6, 6.07) is 0. The number of hydrogen-bond donors (Lipinski definition) is 1. The van der Waals surface area contributed by atoms with Crippen LogP contribution in [0.5, 0.6) is 0 Å². The van der Waals surface area contributed by atoms with Crippen LogP contribution in [0.1, 0.15) is 11.4 Å². The summed E-state index contributed by atoms with van der Waals surface area (Å²) in [5, 5.41) is 4.49. The molecule has 0 saturated heterocycles. The van der Waals surface area contributed by atoms with E-state index in [0.29, 0.717) is 0 Å². The minimum absolute atomic E-state index is 0.0283. The lowest BCUT2D eigenvalue weighted by Crippen LogP contribution is -2.06. The van der Waals surface area contributed by atoms with Crippen LogP contribution in [0.4, 0.5) is 13.2 Å². The van der Waals surface area contributed by atoms with Gasteiger partial charge in [0.1, 0.15) is 0 Å². The number of nitrogens with one attached hydrogen (secondary N) is 1. The number of alkyl halides is 3. The van der Waals surface area contributed by atoms with E-state index in [1.165, 1.54) is 0 Å². The Hall–Kier alpha value is -0.640. The molecule has 1 aromatic heterocycles. The van der Waals surface area contributed by atoms with E-state index in [4.69, 9.17) is 11.6 Å². The molecule has 0 fully saturated rings. The molecule has 0 aliphatic rings. The number of nitrogens with zero attached hydrogens (tertiary/aromatic N) is 1. The molecule has 1 N–H and O–H groups in total. The second kappa shape index (κ2) is 5.13. The molecule has 0 aliphatic heterocycles. The van der Waals surface area contributed by atoms with E-state index in [2.05, 4.69) is 14.4 Å². The van der Waals surface area contributed by atoms with E-state index in [-0.39, 0.29) is 18.7 Å². The summed E-state index contributed by atoms with van der Waals surface area (Å²) in [5.41, 5.74) is -1.26. The molecule has 1 atom stereocenters. The molecule has 0 aliphatic carbocycles. The molecule has 5 nitrogen and oxygen atoms in total. The zero-order valence-corrected chi connectivity index (χ0v) is 9.08. The molecule has 92 valence electrons. The van der Waals surface area contributed by atoms with Crippen LogP contribution in [0.25, 0.3) is 0 Å². The highest BCUT2D eigenvalue weighted by Gasteiger charge is 2.37. The van der Waals surface area contributed by atoms with Gasteiger partial charge in [-0.1, -0.05) is 11.6 Å². The van der Waals surface area contributed by atoms with Gasteiger partial charge < -0.3 is 8.74 Å². The minimum atomic E-state index is -4.64. The molecule has 0 aromatic carbocycles. The molecule has 1 heterocycles. The predicted octanol–water partition coefficient (Wildman–Crippen LogP) is 1.44. The third-order valence-electron chi connectivity index (χ3n) is 1.58. The maximum atomic E-state index is 12.2. The van der Waals surface area contributed by atoms with Crippen molar-refractivity contribution in [1.82, 2.24) is 10.2 Å². The van der Waals surface area contributed by atoms with Gasteiger partial charge in [0.05, 0.1) is 28.7 Å². The van der Waals surface area contributed by atoms with Gasteiger partial charge in [0, 0.05) is 6.42 Å². The Bertz CT molecular complexity index is 395. The summed E-state index contributed by atoms with van der Waals surface area (Å²) in [7, 11) is 0. The van der Waals surface area contributed by atoms with Gasteiger partial charge in [-0.05, 0) is 0 Å². The van der Waals surface area contributed by atoms with Gasteiger partial charge in [-0.3, -0.25) is 5.10 Å². The molecule has 10 heteroatoms. The highest BCUT2D eigenvalue weighted by molar-refractivity contribution is 7.74. The van der Waals surface area contributed by atoms with Gasteiger partial charge in [-0.15, -0.1) is 0 Å². The maximum Gasteiger partial charge on any atom is 0.436 e. The van der Waals surface area contributed by atoms with Gasteiger partial charge in [0.2, 0.25) is 0 Å². The zero-order valence-electron chi connectivity index (χ0n) is 7.51. The average Bonchev–Trinajstić information content (AvgIpc) is 2.46. The first-order valence-corrected chi connectivity index (χ1v) is 5.22. The molecule has 16 heavy (non-hydrogen) atoms. The minimum Gasteiger partial charge on any atom is -0.750 e. The van der Waals surface area contributed by atoms with Crippen molar-refractivity contribution in [3.05, 3.63) is 16.4 Å². The van der Waals surface area contributed by atoms with Gasteiger partial charge >= 0.3 is 6.18 Å². The zero-order chi connectivity index (χ0) is 12.3. The summed E-state index contributed by atoms with van der Waals surface area (Å²) >= 11 is 2.70. The Labute approximate surface area is 95.4 Å². The van der Waals surface area contributed by atoms with Crippen LogP contribution >= 0.6 is 11.6 Å². The fourth-order valence-corrected chi connectivity index (χ4v) is 1.44. The first kappa shape index (κ1) is 13.4. The summed E-state index contributed by atoms with van der Waals surface area (Å²) in [6.07, 6.45) is -4.76. The smallest absolute Gasteiger partial charge is 0.436 e. The van der Waals surface area contributed by atoms with Gasteiger partial charge in [0.15, 0.2) is 5.69 Å². The maximum absolute atomic E-state index is 12.2. The molecule has 0 saturated carbocycles. The third-order valence-corrected chi connectivity index (χ3v) is 2.34. The number of halogens is 4. The van der Waals surface area contributed by atoms with E-state index < -0.39 is 28.3 Å². The lowest BCUT2D eigenvalue weighted by atomic mass is 10.3. The molecule has 0 amide bonds. The van der Waals surface area contributed by atoms with E-state index in [0.717, 1.165) is 0 Å². The molecule has 0 spiro atoms. The Morgan fingerprint density at radius 1 is 1.56 bits per heavy atom. The van der Waals surface area contributed by atoms with Crippen LogP contribution in [0.3, 0.4) is 0 Å². The van der Waals surface area contributed by atoms with Crippen LogP contribution in [-0.4, -0.2) is 25.6 Å². The fourth-order valence-electron chi connectivity index (χ4n) is 0.930. The van der Waals surface area contributed by atoms with Gasteiger partial charge in [0.25, 0.3) is 0 Å². The van der Waals surface area contributed by atoms with Crippen molar-refractivity contribution in [2.45, 2.75) is 12.6 Å². The summed E-state index contributed by atoms with van der Waals surface area (Å²) in [6.45, 7) is -0.310. The van der Waals surface area contributed by atoms with E-state index in [1.54, 1.807) is 0 Å². The Morgan fingerprint density at radius 2 is 2.19 bits per heavy atom. The number of rotatable bonds is 4. The molecule has 0 bridgehead atoms. The van der Waals surface area contributed by atoms with E-state index in [1.807, 2.05) is 0 Å². The van der Waals surface area contributed by atoms with Crippen LogP contribution in [0.15, 0.2) is 0 Å². The first-order valence-electron chi connectivity index (χ1n) is 3.85. The van der Waals surface area contributed by atoms with Crippen molar-refractivity contribution in [3.63, 3.8) is 0 Å². The lowest BCUT2D eigenvalue weighted by Gasteiger charge is -2.04. The largest absolute Gasteiger partial charge is 0.750 e. The monoisotopic (exact) mass is 277 g/mol. The van der Waals surface area contributed by atoms with Crippen LogP contribution in [0, 0.1) is 0 Å². The van der Waals surface area contributed by atoms with Crippen molar-refractivity contribution >= 4 is 23.0 Å². The summed E-state index contributed by atoms with van der Waals surface area (Å²) < 4.78 is 60.7. The lowest BCUT2D eigenvalue weighted by molar-refractivity contribution is -0.141. The van der Waals surface area contributed by atoms with Crippen molar-refractivity contribution in [1.29, 1.82) is 0 Å². The van der Waals surface area contributed by atoms with Crippen LogP contribution in [-0.2, 0) is 28.1 Å². The second-order valence-corrected chi connectivity index (χ2v) is 3.66. The molecular weight excluding hydrogens is 273 g/mol. The van der Waals surface area contributed by atoms with Gasteiger partial charge in [-0.25, -0.2) is 4.21 Å². The van der Waals surface area contributed by atoms with E-state index >= 15 is 0 Å². The number of H-pyrrole nitrogens is 1. The topological polar surface area (TPSA) is 78.0 Å². The van der Waals surface area contributed by atoms with Crippen molar-refractivity contribution < 1.29 is 26.1 Å². The number of hydrogen-bond acceptors (Lipinski definition) is 4. The Morgan fingerprint density at radius 3 is 2.62 bits per heavy atom. The molecule has 1 rings (SSSR count). The predicted molar refractivity (Wildman–Crippen MR) is 47.2 cm³/mol. The number of aromatic amines is 1. The molecule has 0 radical (unpaired) electrons. The highest BCUT2D eigenvalue weighted by Crippen LogP contribution is 2.34. The molecular formula is C6H5ClF3N2O3S-.